The number of hydrogen-bond donors (Lipinski definition) is 1. The molecule has 3 rings (SSSR count). The summed E-state index contributed by atoms with van der Waals surface area (Å²) in [6.07, 6.45) is 2.60. The van der Waals surface area contributed by atoms with Gasteiger partial charge in [0.1, 0.15) is 11.3 Å². The fraction of sp³-hybridized carbons (Fsp3) is 0.211. The van der Waals surface area contributed by atoms with Crippen LogP contribution in [0.4, 0.5) is 11.4 Å². The predicted octanol–water partition coefficient (Wildman–Crippen LogP) is 3.36. The van der Waals surface area contributed by atoms with E-state index < -0.39 is 24.0 Å². The molecule has 1 aliphatic heterocycles. The summed E-state index contributed by atoms with van der Waals surface area (Å²) in [5.74, 6) is -1.04. The van der Waals surface area contributed by atoms with Crippen LogP contribution in [-0.4, -0.2) is 29.9 Å². The standard InChI is InChI=1S/C19H17BrN2O5/c1-19(2)18(25)21-13-5-3-4-6-14(13)22(19)16(23)11-26-17(24)10-8-12-7-9-15(20)27-12/h3-10H,11H2,1-2H3,(H,21,25)/b10-8+. The number of nitrogens with zero attached hydrogens (tertiary/aromatic N) is 1. The van der Waals surface area contributed by atoms with Gasteiger partial charge in [-0.25, -0.2) is 4.79 Å². The van der Waals surface area contributed by atoms with Crippen LogP contribution in [0, 0.1) is 0 Å². The maximum atomic E-state index is 12.7. The van der Waals surface area contributed by atoms with Gasteiger partial charge in [-0.05, 0) is 60.1 Å². The number of rotatable bonds is 4. The van der Waals surface area contributed by atoms with Crippen LogP contribution in [0.2, 0.25) is 0 Å². The van der Waals surface area contributed by atoms with Gasteiger partial charge in [0.15, 0.2) is 11.3 Å². The Morgan fingerprint density at radius 1 is 1.26 bits per heavy atom. The first-order valence-corrected chi connectivity index (χ1v) is 8.92. The molecule has 0 atom stereocenters. The summed E-state index contributed by atoms with van der Waals surface area (Å²) in [6, 6.07) is 10.3. The molecule has 27 heavy (non-hydrogen) atoms. The SMILES string of the molecule is CC1(C)C(=O)Nc2ccccc2N1C(=O)COC(=O)/C=C/c1ccc(Br)o1. The molecular weight excluding hydrogens is 416 g/mol. The van der Waals surface area contributed by atoms with E-state index in [2.05, 4.69) is 21.2 Å². The quantitative estimate of drug-likeness (QED) is 0.590. The van der Waals surface area contributed by atoms with Crippen LogP contribution in [0.3, 0.4) is 0 Å². The van der Waals surface area contributed by atoms with Crippen molar-refractivity contribution in [1.82, 2.24) is 0 Å². The van der Waals surface area contributed by atoms with Crippen molar-refractivity contribution in [3.63, 3.8) is 0 Å². The third-order valence-electron chi connectivity index (χ3n) is 4.07. The van der Waals surface area contributed by atoms with E-state index in [9.17, 15) is 14.4 Å². The number of carbonyl (C=O) groups excluding carboxylic acids is 3. The monoisotopic (exact) mass is 432 g/mol. The Morgan fingerprint density at radius 3 is 2.70 bits per heavy atom. The lowest BCUT2D eigenvalue weighted by atomic mass is 9.96. The molecule has 0 unspecified atom stereocenters. The summed E-state index contributed by atoms with van der Waals surface area (Å²) in [7, 11) is 0. The van der Waals surface area contributed by atoms with E-state index in [4.69, 9.17) is 9.15 Å². The number of anilines is 2. The van der Waals surface area contributed by atoms with Crippen LogP contribution in [-0.2, 0) is 19.1 Å². The van der Waals surface area contributed by atoms with Crippen molar-refractivity contribution in [3.05, 3.63) is 52.9 Å². The van der Waals surface area contributed by atoms with Gasteiger partial charge in [0.05, 0.1) is 11.4 Å². The Hall–Kier alpha value is -2.87. The number of furan rings is 1. The van der Waals surface area contributed by atoms with E-state index in [0.717, 1.165) is 0 Å². The van der Waals surface area contributed by atoms with Crippen LogP contribution < -0.4 is 10.2 Å². The van der Waals surface area contributed by atoms with Gasteiger partial charge in [0, 0.05) is 6.08 Å². The van der Waals surface area contributed by atoms with Crippen LogP contribution in [0.25, 0.3) is 6.08 Å². The molecule has 0 fully saturated rings. The summed E-state index contributed by atoms with van der Waals surface area (Å²) in [6.45, 7) is 2.77. The summed E-state index contributed by atoms with van der Waals surface area (Å²) >= 11 is 3.16. The molecule has 8 heteroatoms. The van der Waals surface area contributed by atoms with Gasteiger partial charge in [0.25, 0.3) is 5.91 Å². The van der Waals surface area contributed by atoms with Crippen molar-refractivity contribution < 1.29 is 23.5 Å². The molecule has 1 N–H and O–H groups in total. The number of esters is 1. The Bertz CT molecular complexity index is 932. The van der Waals surface area contributed by atoms with Crippen molar-refractivity contribution in [2.45, 2.75) is 19.4 Å². The number of ether oxygens (including phenoxy) is 1. The summed E-state index contributed by atoms with van der Waals surface area (Å²) in [5.41, 5.74) is -0.0300. The van der Waals surface area contributed by atoms with Crippen molar-refractivity contribution in [2.24, 2.45) is 0 Å². The first-order chi connectivity index (χ1) is 12.8. The highest BCUT2D eigenvalue weighted by molar-refractivity contribution is 9.10. The first-order valence-electron chi connectivity index (χ1n) is 8.13. The molecule has 0 saturated carbocycles. The zero-order chi connectivity index (χ0) is 19.6. The number of fused-ring (bicyclic) bond motifs is 1. The minimum atomic E-state index is -1.12. The highest BCUT2D eigenvalue weighted by Gasteiger charge is 2.43. The van der Waals surface area contributed by atoms with Crippen molar-refractivity contribution in [1.29, 1.82) is 0 Å². The molecule has 0 radical (unpaired) electrons. The lowest BCUT2D eigenvalue weighted by Crippen LogP contribution is -2.59. The molecule has 0 saturated heterocycles. The topological polar surface area (TPSA) is 88.9 Å². The van der Waals surface area contributed by atoms with E-state index in [1.54, 1.807) is 50.2 Å². The van der Waals surface area contributed by atoms with Gasteiger partial charge < -0.3 is 14.5 Å². The van der Waals surface area contributed by atoms with Gasteiger partial charge in [-0.3, -0.25) is 14.5 Å². The smallest absolute Gasteiger partial charge is 0.331 e. The maximum Gasteiger partial charge on any atom is 0.331 e. The molecule has 2 heterocycles. The van der Waals surface area contributed by atoms with Gasteiger partial charge in [-0.2, -0.15) is 0 Å². The van der Waals surface area contributed by atoms with Crippen LogP contribution in [0.15, 0.2) is 51.6 Å². The fourth-order valence-corrected chi connectivity index (χ4v) is 3.03. The molecule has 7 nitrogen and oxygen atoms in total. The summed E-state index contributed by atoms with van der Waals surface area (Å²) < 4.78 is 10.8. The van der Waals surface area contributed by atoms with Gasteiger partial charge in [0.2, 0.25) is 5.91 Å². The summed E-state index contributed by atoms with van der Waals surface area (Å²) in [5, 5.41) is 2.77. The van der Waals surface area contributed by atoms with Crippen LogP contribution in [0.5, 0.6) is 0 Å². The third kappa shape index (κ3) is 3.95. The van der Waals surface area contributed by atoms with Crippen molar-refractivity contribution in [3.8, 4) is 0 Å². The number of benzene rings is 1. The number of halogens is 1. The zero-order valence-corrected chi connectivity index (χ0v) is 16.3. The van der Waals surface area contributed by atoms with E-state index in [1.165, 1.54) is 17.1 Å². The van der Waals surface area contributed by atoms with Crippen LogP contribution in [0.1, 0.15) is 19.6 Å². The molecular formula is C19H17BrN2O5. The third-order valence-corrected chi connectivity index (χ3v) is 4.50. The Labute approximate surface area is 164 Å². The number of hydrogen-bond acceptors (Lipinski definition) is 5. The normalized spacial score (nSPS) is 15.4. The molecule has 0 bridgehead atoms. The average molecular weight is 433 g/mol. The van der Waals surface area contributed by atoms with E-state index in [0.29, 0.717) is 21.8 Å². The second kappa shape index (κ2) is 7.40. The Balaban J connectivity index is 1.70. The number of carbonyl (C=O) groups is 3. The van der Waals surface area contributed by atoms with E-state index >= 15 is 0 Å². The second-order valence-electron chi connectivity index (χ2n) is 6.34. The minimum absolute atomic E-state index is 0.316. The van der Waals surface area contributed by atoms with Gasteiger partial charge >= 0.3 is 5.97 Å². The highest BCUT2D eigenvalue weighted by Crippen LogP contribution is 2.36. The lowest BCUT2D eigenvalue weighted by Gasteiger charge is -2.41. The predicted molar refractivity (Wildman–Crippen MR) is 103 cm³/mol. The molecule has 2 amide bonds. The van der Waals surface area contributed by atoms with Crippen LogP contribution >= 0.6 is 15.9 Å². The number of nitrogens with one attached hydrogen (secondary N) is 1. The molecule has 1 aromatic heterocycles. The van der Waals surface area contributed by atoms with Crippen molar-refractivity contribution in [2.75, 3.05) is 16.8 Å². The van der Waals surface area contributed by atoms with E-state index in [1.807, 2.05) is 0 Å². The molecule has 0 spiro atoms. The Kier molecular flexibility index (Phi) is 5.18. The lowest BCUT2D eigenvalue weighted by molar-refractivity contribution is -0.143. The zero-order valence-electron chi connectivity index (χ0n) is 14.7. The molecule has 2 aromatic rings. The first kappa shape index (κ1) is 18.9. The molecule has 1 aromatic carbocycles. The maximum absolute atomic E-state index is 12.7. The molecule has 0 aliphatic carbocycles. The fourth-order valence-electron chi connectivity index (χ4n) is 2.71. The van der Waals surface area contributed by atoms with Gasteiger partial charge in [-0.1, -0.05) is 12.1 Å². The van der Waals surface area contributed by atoms with E-state index in [-0.39, 0.29) is 5.91 Å². The average Bonchev–Trinajstić information content (AvgIpc) is 3.04. The minimum Gasteiger partial charge on any atom is -0.452 e. The second-order valence-corrected chi connectivity index (χ2v) is 7.12. The van der Waals surface area contributed by atoms with Gasteiger partial charge in [-0.15, -0.1) is 0 Å². The highest BCUT2D eigenvalue weighted by atomic mass is 79.9. The molecule has 140 valence electrons. The Morgan fingerprint density at radius 2 is 2.00 bits per heavy atom. The largest absolute Gasteiger partial charge is 0.452 e. The van der Waals surface area contributed by atoms with Crippen molar-refractivity contribution >= 4 is 51.2 Å². The molecule has 1 aliphatic rings. The number of para-hydroxylation sites is 2. The summed E-state index contributed by atoms with van der Waals surface area (Å²) in [4.78, 5) is 38.3. The number of amides is 2.